The van der Waals surface area contributed by atoms with Gasteiger partial charge in [0.25, 0.3) is 0 Å². The summed E-state index contributed by atoms with van der Waals surface area (Å²) in [7, 11) is 0. The zero-order valence-corrected chi connectivity index (χ0v) is 14.7. The van der Waals surface area contributed by atoms with Crippen LogP contribution in [0.1, 0.15) is 32.1 Å². The van der Waals surface area contributed by atoms with E-state index in [2.05, 4.69) is 53.1 Å². The van der Waals surface area contributed by atoms with Crippen molar-refractivity contribution in [3.8, 4) is 0 Å². The van der Waals surface area contributed by atoms with E-state index in [1.165, 1.54) is 42.9 Å². The average Bonchev–Trinajstić information content (AvgIpc) is 2.58. The van der Waals surface area contributed by atoms with Crippen molar-refractivity contribution in [1.82, 2.24) is 5.32 Å². The predicted octanol–water partition coefficient (Wildman–Crippen LogP) is 4.95. The molecule has 6 rings (SSSR count). The van der Waals surface area contributed by atoms with Crippen LogP contribution >= 0.6 is 12.2 Å². The van der Waals surface area contributed by atoms with E-state index in [1.54, 1.807) is 0 Å². The van der Waals surface area contributed by atoms with Crippen molar-refractivity contribution in [1.29, 1.82) is 0 Å². The summed E-state index contributed by atoms with van der Waals surface area (Å²) in [6.45, 7) is 0. The van der Waals surface area contributed by atoms with Gasteiger partial charge in [0.05, 0.1) is 0 Å². The minimum absolute atomic E-state index is 0.591. The Morgan fingerprint density at radius 2 is 1.50 bits per heavy atom. The van der Waals surface area contributed by atoms with E-state index in [0.717, 1.165) is 34.5 Å². The number of thiocarbonyl (C=S) groups is 1. The lowest BCUT2D eigenvalue weighted by atomic mass is 9.54. The summed E-state index contributed by atoms with van der Waals surface area (Å²) in [4.78, 5) is 0. The number of hydrogen-bond donors (Lipinski definition) is 2. The molecule has 0 aliphatic heterocycles. The zero-order valence-electron chi connectivity index (χ0n) is 13.9. The molecule has 4 aliphatic carbocycles. The van der Waals surface area contributed by atoms with Crippen molar-refractivity contribution in [2.75, 3.05) is 5.32 Å². The van der Waals surface area contributed by atoms with Gasteiger partial charge >= 0.3 is 0 Å². The molecular weight excluding hydrogens is 312 g/mol. The predicted molar refractivity (Wildman–Crippen MR) is 104 cm³/mol. The Bertz CT molecular complexity index is 751. The first kappa shape index (κ1) is 14.7. The van der Waals surface area contributed by atoms with Gasteiger partial charge in [0, 0.05) is 17.1 Å². The highest BCUT2D eigenvalue weighted by atomic mass is 32.1. The van der Waals surface area contributed by atoms with Gasteiger partial charge in [-0.25, -0.2) is 0 Å². The third-order valence-corrected chi connectivity index (χ3v) is 6.78. The van der Waals surface area contributed by atoms with E-state index in [9.17, 15) is 0 Å². The molecule has 0 saturated heterocycles. The minimum Gasteiger partial charge on any atom is -0.359 e. The fourth-order valence-corrected chi connectivity index (χ4v) is 6.05. The Morgan fingerprint density at radius 1 is 0.833 bits per heavy atom. The maximum atomic E-state index is 5.68. The molecule has 0 spiro atoms. The van der Waals surface area contributed by atoms with Crippen LogP contribution in [0.5, 0.6) is 0 Å². The second-order valence-electron chi connectivity index (χ2n) is 8.08. The standard InChI is InChI=1S/C21H24N2S/c24-21(22-19-7-3-5-15-4-1-2-6-18(15)19)23-20-16-9-13-8-14(11-16)12-17(20)10-13/h1-7,13-14,16-17,20H,8-12H2,(H2,22,23,24). The van der Waals surface area contributed by atoms with Crippen molar-refractivity contribution in [2.24, 2.45) is 23.7 Å². The number of benzene rings is 2. The maximum absolute atomic E-state index is 5.68. The third kappa shape index (κ3) is 2.50. The average molecular weight is 337 g/mol. The fraction of sp³-hybridized carbons (Fsp3) is 0.476. The van der Waals surface area contributed by atoms with Crippen molar-refractivity contribution < 1.29 is 0 Å². The van der Waals surface area contributed by atoms with Crippen LogP contribution < -0.4 is 10.6 Å². The van der Waals surface area contributed by atoms with Gasteiger partial charge in [-0.3, -0.25) is 0 Å². The quantitative estimate of drug-likeness (QED) is 0.759. The van der Waals surface area contributed by atoms with E-state index in [0.29, 0.717) is 6.04 Å². The first-order valence-electron chi connectivity index (χ1n) is 9.31. The van der Waals surface area contributed by atoms with E-state index >= 15 is 0 Å². The number of hydrogen-bond acceptors (Lipinski definition) is 1. The zero-order chi connectivity index (χ0) is 16.1. The summed E-state index contributed by atoms with van der Waals surface area (Å²) < 4.78 is 0. The number of rotatable bonds is 2. The van der Waals surface area contributed by atoms with Crippen molar-refractivity contribution in [3.05, 3.63) is 42.5 Å². The molecule has 0 radical (unpaired) electrons. The van der Waals surface area contributed by atoms with Crippen LogP contribution in [0, 0.1) is 23.7 Å². The summed E-state index contributed by atoms with van der Waals surface area (Å²) in [5, 5.41) is 10.4. The smallest absolute Gasteiger partial charge is 0.171 e. The highest BCUT2D eigenvalue weighted by Crippen LogP contribution is 2.53. The van der Waals surface area contributed by atoms with Crippen molar-refractivity contribution in [2.45, 2.75) is 38.1 Å². The van der Waals surface area contributed by atoms with Crippen molar-refractivity contribution in [3.63, 3.8) is 0 Å². The van der Waals surface area contributed by atoms with Gasteiger partial charge < -0.3 is 10.6 Å². The summed E-state index contributed by atoms with van der Waals surface area (Å²) in [6, 6.07) is 15.4. The Hall–Kier alpha value is -1.61. The molecule has 4 saturated carbocycles. The molecule has 2 nitrogen and oxygen atoms in total. The summed E-state index contributed by atoms with van der Waals surface area (Å²) >= 11 is 5.68. The molecule has 4 bridgehead atoms. The number of anilines is 1. The molecule has 0 atom stereocenters. The van der Waals surface area contributed by atoms with Crippen LogP contribution in [0.25, 0.3) is 10.8 Å². The number of fused-ring (bicyclic) bond motifs is 1. The van der Waals surface area contributed by atoms with Crippen LogP contribution in [0.2, 0.25) is 0 Å². The van der Waals surface area contributed by atoms with Crippen LogP contribution in [0.3, 0.4) is 0 Å². The first-order valence-corrected chi connectivity index (χ1v) is 9.72. The molecule has 0 amide bonds. The molecule has 2 aromatic carbocycles. The summed E-state index contributed by atoms with van der Waals surface area (Å²) in [6.07, 6.45) is 7.17. The molecule has 0 unspecified atom stereocenters. The third-order valence-electron chi connectivity index (χ3n) is 6.56. The monoisotopic (exact) mass is 336 g/mol. The normalized spacial score (nSPS) is 33.6. The lowest BCUT2D eigenvalue weighted by Gasteiger charge is -2.54. The van der Waals surface area contributed by atoms with E-state index in [1.807, 2.05) is 0 Å². The minimum atomic E-state index is 0.591. The van der Waals surface area contributed by atoms with Gasteiger partial charge in [0.1, 0.15) is 0 Å². The maximum Gasteiger partial charge on any atom is 0.171 e. The summed E-state index contributed by atoms with van der Waals surface area (Å²) in [5.41, 5.74) is 1.11. The Labute approximate surface area is 149 Å². The molecule has 2 aromatic rings. The Balaban J connectivity index is 1.32. The van der Waals surface area contributed by atoms with Gasteiger partial charge in [-0.05, 0) is 79.4 Å². The van der Waals surface area contributed by atoms with Gasteiger partial charge in [-0.1, -0.05) is 36.4 Å². The van der Waals surface area contributed by atoms with Gasteiger partial charge in [-0.15, -0.1) is 0 Å². The molecular formula is C21H24N2S. The Morgan fingerprint density at radius 3 is 2.25 bits per heavy atom. The molecule has 24 heavy (non-hydrogen) atoms. The topological polar surface area (TPSA) is 24.1 Å². The molecule has 124 valence electrons. The molecule has 2 N–H and O–H groups in total. The van der Waals surface area contributed by atoms with Crippen LogP contribution in [0.15, 0.2) is 42.5 Å². The van der Waals surface area contributed by atoms with Gasteiger partial charge in [0.15, 0.2) is 5.11 Å². The van der Waals surface area contributed by atoms with E-state index < -0.39 is 0 Å². The largest absolute Gasteiger partial charge is 0.359 e. The van der Waals surface area contributed by atoms with Gasteiger partial charge in [-0.2, -0.15) is 0 Å². The van der Waals surface area contributed by atoms with Crippen molar-refractivity contribution >= 4 is 33.8 Å². The Kier molecular flexibility index (Phi) is 3.51. The lowest BCUT2D eigenvalue weighted by molar-refractivity contribution is -0.00665. The second-order valence-corrected chi connectivity index (χ2v) is 8.49. The van der Waals surface area contributed by atoms with E-state index in [4.69, 9.17) is 12.2 Å². The highest BCUT2D eigenvalue weighted by Gasteiger charge is 2.48. The van der Waals surface area contributed by atoms with Gasteiger partial charge in [0.2, 0.25) is 0 Å². The molecule has 0 heterocycles. The number of nitrogens with one attached hydrogen (secondary N) is 2. The molecule has 4 aliphatic rings. The summed E-state index contributed by atoms with van der Waals surface area (Å²) in [5.74, 6) is 3.69. The highest BCUT2D eigenvalue weighted by molar-refractivity contribution is 7.80. The fourth-order valence-electron chi connectivity index (χ4n) is 5.81. The second kappa shape index (κ2) is 5.73. The van der Waals surface area contributed by atoms with E-state index in [-0.39, 0.29) is 0 Å². The lowest BCUT2D eigenvalue weighted by Crippen LogP contribution is -2.56. The van der Waals surface area contributed by atoms with Crippen LogP contribution in [0.4, 0.5) is 5.69 Å². The van der Waals surface area contributed by atoms with Crippen LogP contribution in [-0.4, -0.2) is 11.2 Å². The molecule has 3 heteroatoms. The SMILES string of the molecule is S=C(Nc1cccc2ccccc12)NC1C2CC3CC(C2)CC1C3. The first-order chi connectivity index (χ1) is 11.8. The molecule has 0 aromatic heterocycles. The molecule has 4 fully saturated rings. The van der Waals surface area contributed by atoms with Crippen LogP contribution in [-0.2, 0) is 0 Å².